The predicted molar refractivity (Wildman–Crippen MR) is 41.4 cm³/mol. The zero-order valence-electron chi connectivity index (χ0n) is 6.39. The van der Waals surface area contributed by atoms with E-state index in [-0.39, 0.29) is 18.5 Å². The number of alkyl halides is 2. The summed E-state index contributed by atoms with van der Waals surface area (Å²) in [6.45, 7) is 2.37. The van der Waals surface area contributed by atoms with E-state index >= 15 is 0 Å². The van der Waals surface area contributed by atoms with Gasteiger partial charge >= 0.3 is 0 Å². The Bertz CT molecular complexity index is 157. The molecule has 1 saturated heterocycles. The molecule has 64 valence electrons. The second-order valence-corrected chi connectivity index (χ2v) is 3.53. The van der Waals surface area contributed by atoms with Crippen LogP contribution in [0.3, 0.4) is 0 Å². The minimum atomic E-state index is -0.476. The number of carbonyl (C=O) groups excluding carboxylic acids is 1. The number of nitrogens with zero attached hydrogens (tertiary/aromatic N) is 1. The van der Waals surface area contributed by atoms with Gasteiger partial charge in [-0.2, -0.15) is 0 Å². The first-order valence-electron chi connectivity index (χ1n) is 3.64. The lowest BCUT2D eigenvalue weighted by Gasteiger charge is -2.38. The van der Waals surface area contributed by atoms with E-state index in [9.17, 15) is 9.18 Å². The Balaban J connectivity index is 2.27. The standard InChI is InChI=1S/C7H11ClFNO/c1-5(8)7(11)10-3-6(2-9)4-10/h5-6H,2-4H2,1H3/t5-/m1/s1. The van der Waals surface area contributed by atoms with E-state index in [4.69, 9.17) is 11.6 Å². The average Bonchev–Trinajstić information content (AvgIpc) is 1.85. The van der Waals surface area contributed by atoms with E-state index in [1.807, 2.05) is 0 Å². The minimum Gasteiger partial charge on any atom is -0.341 e. The van der Waals surface area contributed by atoms with Gasteiger partial charge in [-0.25, -0.2) is 0 Å². The Labute approximate surface area is 70.3 Å². The van der Waals surface area contributed by atoms with Gasteiger partial charge in [-0.3, -0.25) is 9.18 Å². The highest BCUT2D eigenvalue weighted by Gasteiger charge is 2.31. The second kappa shape index (κ2) is 3.39. The number of hydrogen-bond donors (Lipinski definition) is 0. The van der Waals surface area contributed by atoms with Crippen LogP contribution in [0, 0.1) is 5.92 Å². The molecule has 0 radical (unpaired) electrons. The number of likely N-dealkylation sites (tertiary alicyclic amines) is 1. The van der Waals surface area contributed by atoms with E-state index in [0.29, 0.717) is 13.1 Å². The van der Waals surface area contributed by atoms with Crippen LogP contribution in [0.4, 0.5) is 4.39 Å². The Hall–Kier alpha value is -0.310. The third-order valence-electron chi connectivity index (χ3n) is 1.83. The summed E-state index contributed by atoms with van der Waals surface area (Å²) in [6.07, 6.45) is 0. The maximum atomic E-state index is 11.9. The zero-order valence-corrected chi connectivity index (χ0v) is 7.14. The van der Waals surface area contributed by atoms with E-state index < -0.39 is 5.38 Å². The highest BCUT2D eigenvalue weighted by atomic mass is 35.5. The van der Waals surface area contributed by atoms with E-state index in [1.54, 1.807) is 11.8 Å². The van der Waals surface area contributed by atoms with Crippen molar-refractivity contribution < 1.29 is 9.18 Å². The van der Waals surface area contributed by atoms with Crippen LogP contribution in [-0.2, 0) is 4.79 Å². The van der Waals surface area contributed by atoms with Crippen molar-refractivity contribution in [2.75, 3.05) is 19.8 Å². The Morgan fingerprint density at radius 2 is 2.36 bits per heavy atom. The summed E-state index contributed by atoms with van der Waals surface area (Å²) >= 11 is 5.54. The van der Waals surface area contributed by atoms with Crippen LogP contribution in [0.1, 0.15) is 6.92 Å². The smallest absolute Gasteiger partial charge is 0.240 e. The van der Waals surface area contributed by atoms with Crippen molar-refractivity contribution in [2.24, 2.45) is 5.92 Å². The Morgan fingerprint density at radius 3 is 2.73 bits per heavy atom. The molecule has 2 nitrogen and oxygen atoms in total. The van der Waals surface area contributed by atoms with Gasteiger partial charge in [0.05, 0.1) is 6.67 Å². The number of amides is 1. The van der Waals surface area contributed by atoms with Gasteiger partial charge in [0.25, 0.3) is 0 Å². The summed E-state index contributed by atoms with van der Waals surface area (Å²) in [5.41, 5.74) is 0. The molecule has 0 unspecified atom stereocenters. The van der Waals surface area contributed by atoms with Gasteiger partial charge in [-0.15, -0.1) is 11.6 Å². The monoisotopic (exact) mass is 179 g/mol. The number of carbonyl (C=O) groups is 1. The van der Waals surface area contributed by atoms with Crippen LogP contribution in [0.25, 0.3) is 0 Å². The number of rotatable bonds is 2. The van der Waals surface area contributed by atoms with Crippen LogP contribution >= 0.6 is 11.6 Å². The molecule has 1 amide bonds. The number of hydrogen-bond acceptors (Lipinski definition) is 1. The molecular formula is C7H11ClFNO. The predicted octanol–water partition coefficient (Wildman–Crippen LogP) is 1.04. The van der Waals surface area contributed by atoms with E-state index in [0.717, 1.165) is 0 Å². The molecule has 1 atom stereocenters. The molecule has 1 aliphatic rings. The first kappa shape index (κ1) is 8.78. The molecule has 0 aromatic rings. The topological polar surface area (TPSA) is 20.3 Å². The maximum Gasteiger partial charge on any atom is 0.240 e. The summed E-state index contributed by atoms with van der Waals surface area (Å²) in [5.74, 6) is -0.0364. The molecule has 4 heteroatoms. The largest absolute Gasteiger partial charge is 0.341 e. The minimum absolute atomic E-state index is 0.0503. The zero-order chi connectivity index (χ0) is 8.43. The molecule has 0 saturated carbocycles. The van der Waals surface area contributed by atoms with Gasteiger partial charge in [0.15, 0.2) is 0 Å². The SMILES string of the molecule is C[C@@H](Cl)C(=O)N1CC(CF)C1. The van der Waals surface area contributed by atoms with E-state index in [1.165, 1.54) is 0 Å². The normalized spacial score (nSPS) is 21.2. The molecule has 1 aliphatic heterocycles. The van der Waals surface area contributed by atoms with E-state index in [2.05, 4.69) is 0 Å². The second-order valence-electron chi connectivity index (χ2n) is 2.88. The molecule has 0 bridgehead atoms. The molecular weight excluding hydrogens is 169 g/mol. The van der Waals surface area contributed by atoms with Crippen molar-refractivity contribution in [2.45, 2.75) is 12.3 Å². The molecule has 1 heterocycles. The fourth-order valence-corrected chi connectivity index (χ4v) is 1.24. The van der Waals surface area contributed by atoms with Crippen molar-refractivity contribution >= 4 is 17.5 Å². The lowest BCUT2D eigenvalue weighted by Crippen LogP contribution is -2.52. The van der Waals surface area contributed by atoms with Crippen molar-refractivity contribution in [3.8, 4) is 0 Å². The molecule has 0 N–H and O–H groups in total. The van der Waals surface area contributed by atoms with Gasteiger partial charge in [0.1, 0.15) is 5.38 Å². The quantitative estimate of drug-likeness (QED) is 0.581. The average molecular weight is 180 g/mol. The fourth-order valence-electron chi connectivity index (χ4n) is 1.10. The molecule has 0 aromatic carbocycles. The Morgan fingerprint density at radius 1 is 1.82 bits per heavy atom. The summed E-state index contributed by atoms with van der Waals surface area (Å²) in [6, 6.07) is 0. The van der Waals surface area contributed by atoms with Gasteiger partial charge in [-0.05, 0) is 6.92 Å². The van der Waals surface area contributed by atoms with Crippen LogP contribution in [-0.4, -0.2) is 35.9 Å². The van der Waals surface area contributed by atoms with Crippen LogP contribution < -0.4 is 0 Å². The first-order chi connectivity index (χ1) is 5.15. The fraction of sp³-hybridized carbons (Fsp3) is 0.857. The Kier molecular flexibility index (Phi) is 2.71. The molecule has 0 aliphatic carbocycles. The highest BCUT2D eigenvalue weighted by Crippen LogP contribution is 2.17. The molecule has 1 fully saturated rings. The van der Waals surface area contributed by atoms with Gasteiger partial charge in [0, 0.05) is 19.0 Å². The first-order valence-corrected chi connectivity index (χ1v) is 4.07. The molecule has 0 aromatic heterocycles. The summed E-state index contributed by atoms with van der Waals surface area (Å²) in [4.78, 5) is 12.6. The highest BCUT2D eigenvalue weighted by molar-refractivity contribution is 6.30. The van der Waals surface area contributed by atoms with Crippen LogP contribution in [0.5, 0.6) is 0 Å². The summed E-state index contributed by atoms with van der Waals surface area (Å²) in [5, 5.41) is -0.476. The third kappa shape index (κ3) is 1.83. The van der Waals surface area contributed by atoms with Crippen molar-refractivity contribution in [3.63, 3.8) is 0 Å². The third-order valence-corrected chi connectivity index (χ3v) is 2.01. The van der Waals surface area contributed by atoms with Gasteiger partial charge in [0.2, 0.25) is 5.91 Å². The lowest BCUT2D eigenvalue weighted by molar-refractivity contribution is -0.137. The number of halogens is 2. The van der Waals surface area contributed by atoms with Crippen LogP contribution in [0.15, 0.2) is 0 Å². The summed E-state index contributed by atoms with van der Waals surface area (Å²) in [7, 11) is 0. The van der Waals surface area contributed by atoms with Gasteiger partial charge < -0.3 is 4.90 Å². The lowest BCUT2D eigenvalue weighted by atomic mass is 10.0. The van der Waals surface area contributed by atoms with Crippen molar-refractivity contribution in [1.29, 1.82) is 0 Å². The molecule has 1 rings (SSSR count). The van der Waals surface area contributed by atoms with Crippen LogP contribution in [0.2, 0.25) is 0 Å². The molecule has 11 heavy (non-hydrogen) atoms. The maximum absolute atomic E-state index is 11.9. The van der Waals surface area contributed by atoms with Crippen molar-refractivity contribution in [3.05, 3.63) is 0 Å². The molecule has 0 spiro atoms. The van der Waals surface area contributed by atoms with Crippen molar-refractivity contribution in [1.82, 2.24) is 4.90 Å². The van der Waals surface area contributed by atoms with Gasteiger partial charge in [-0.1, -0.05) is 0 Å². The summed E-state index contributed by atoms with van der Waals surface area (Å²) < 4.78 is 11.9.